The number of nitrogens with zero attached hydrogens (tertiary/aromatic N) is 3. The van der Waals surface area contributed by atoms with Crippen molar-refractivity contribution in [2.24, 2.45) is 5.73 Å². The number of hydrogen-bond acceptors (Lipinski definition) is 5. The topological polar surface area (TPSA) is 99.6 Å². The van der Waals surface area contributed by atoms with Gasteiger partial charge >= 0.3 is 5.97 Å². The Morgan fingerprint density at radius 2 is 2.05 bits per heavy atom. The Morgan fingerprint density at radius 1 is 1.36 bits per heavy atom. The van der Waals surface area contributed by atoms with E-state index in [1.807, 2.05) is 26.8 Å². The summed E-state index contributed by atoms with van der Waals surface area (Å²) < 4.78 is 6.72. The van der Waals surface area contributed by atoms with E-state index in [0.717, 1.165) is 28.3 Å². The van der Waals surface area contributed by atoms with Crippen LogP contribution in [0.5, 0.6) is 0 Å². The fourth-order valence-corrected chi connectivity index (χ4v) is 2.34. The molecule has 0 aliphatic rings. The van der Waals surface area contributed by atoms with Crippen molar-refractivity contribution in [2.75, 3.05) is 0 Å². The number of fused-ring (bicyclic) bond motifs is 1. The smallest absolute Gasteiger partial charge is 0.306 e. The van der Waals surface area contributed by atoms with Crippen molar-refractivity contribution < 1.29 is 14.3 Å². The standard InChI is InChI=1S/C15H20N4O3/c1-8-7-13-17-9(2)12(10(3)19(13)18-8)5-6-14(20)22-11(4)15(16)21/h7,11H,5-6H2,1-4H3,(H2,16,21)/t11-/m0/s1. The Bertz CT molecular complexity index is 736. The summed E-state index contributed by atoms with van der Waals surface area (Å²) in [6.45, 7) is 7.21. The van der Waals surface area contributed by atoms with E-state index >= 15 is 0 Å². The molecule has 0 saturated carbocycles. The van der Waals surface area contributed by atoms with E-state index in [-0.39, 0.29) is 6.42 Å². The van der Waals surface area contributed by atoms with Crippen LogP contribution in [0.4, 0.5) is 0 Å². The van der Waals surface area contributed by atoms with Crippen LogP contribution in [0.25, 0.3) is 5.65 Å². The molecule has 2 heterocycles. The van der Waals surface area contributed by atoms with E-state index in [1.165, 1.54) is 6.92 Å². The first-order valence-electron chi connectivity index (χ1n) is 7.11. The second-order valence-electron chi connectivity index (χ2n) is 5.35. The predicted molar refractivity (Wildman–Crippen MR) is 80.3 cm³/mol. The van der Waals surface area contributed by atoms with Gasteiger partial charge in [0.1, 0.15) is 0 Å². The highest BCUT2D eigenvalue weighted by atomic mass is 16.5. The number of nitrogens with two attached hydrogens (primary N) is 1. The third-order valence-electron chi connectivity index (χ3n) is 3.57. The Morgan fingerprint density at radius 3 is 2.68 bits per heavy atom. The van der Waals surface area contributed by atoms with Gasteiger partial charge in [0.2, 0.25) is 0 Å². The van der Waals surface area contributed by atoms with Crippen molar-refractivity contribution in [3.63, 3.8) is 0 Å². The lowest BCUT2D eigenvalue weighted by molar-refractivity contribution is -0.153. The van der Waals surface area contributed by atoms with Crippen molar-refractivity contribution >= 4 is 17.5 Å². The monoisotopic (exact) mass is 304 g/mol. The number of amides is 1. The molecule has 0 unspecified atom stereocenters. The zero-order valence-corrected chi connectivity index (χ0v) is 13.2. The molecule has 0 spiro atoms. The minimum atomic E-state index is -0.913. The van der Waals surface area contributed by atoms with E-state index in [1.54, 1.807) is 4.52 Å². The number of rotatable bonds is 5. The van der Waals surface area contributed by atoms with Gasteiger partial charge in [0.25, 0.3) is 5.91 Å². The number of aryl methyl sites for hydroxylation is 3. The Balaban J connectivity index is 2.14. The second-order valence-corrected chi connectivity index (χ2v) is 5.35. The van der Waals surface area contributed by atoms with Crippen LogP contribution in [0.3, 0.4) is 0 Å². The highest BCUT2D eigenvalue weighted by molar-refractivity contribution is 5.81. The third kappa shape index (κ3) is 3.24. The molecule has 22 heavy (non-hydrogen) atoms. The van der Waals surface area contributed by atoms with E-state index in [4.69, 9.17) is 10.5 Å². The summed E-state index contributed by atoms with van der Waals surface area (Å²) in [6.07, 6.45) is -0.277. The molecular formula is C15H20N4O3. The van der Waals surface area contributed by atoms with Gasteiger partial charge in [-0.25, -0.2) is 9.50 Å². The van der Waals surface area contributed by atoms with Crippen LogP contribution in [-0.4, -0.2) is 32.6 Å². The number of esters is 1. The van der Waals surface area contributed by atoms with Crippen LogP contribution < -0.4 is 5.73 Å². The molecule has 0 saturated heterocycles. The van der Waals surface area contributed by atoms with Gasteiger partial charge in [0, 0.05) is 23.9 Å². The minimum absolute atomic E-state index is 0.159. The summed E-state index contributed by atoms with van der Waals surface area (Å²) in [5, 5.41) is 4.39. The molecule has 2 aromatic heterocycles. The van der Waals surface area contributed by atoms with Gasteiger partial charge in [0.15, 0.2) is 11.8 Å². The van der Waals surface area contributed by atoms with Gasteiger partial charge in [-0.3, -0.25) is 9.59 Å². The Hall–Kier alpha value is -2.44. The molecule has 0 radical (unpaired) electrons. The largest absolute Gasteiger partial charge is 0.453 e. The quantitative estimate of drug-likeness (QED) is 0.831. The molecule has 0 fully saturated rings. The summed E-state index contributed by atoms with van der Waals surface area (Å²) in [5.74, 6) is -1.11. The first-order chi connectivity index (χ1) is 10.3. The molecule has 2 rings (SSSR count). The highest BCUT2D eigenvalue weighted by Crippen LogP contribution is 2.17. The molecule has 0 aliphatic carbocycles. The van der Waals surface area contributed by atoms with E-state index in [0.29, 0.717) is 6.42 Å². The van der Waals surface area contributed by atoms with E-state index in [2.05, 4.69) is 10.1 Å². The summed E-state index contributed by atoms with van der Waals surface area (Å²) in [7, 11) is 0. The molecule has 118 valence electrons. The van der Waals surface area contributed by atoms with Crippen molar-refractivity contribution in [1.82, 2.24) is 14.6 Å². The van der Waals surface area contributed by atoms with Gasteiger partial charge < -0.3 is 10.5 Å². The third-order valence-corrected chi connectivity index (χ3v) is 3.57. The average Bonchev–Trinajstić information content (AvgIpc) is 2.78. The zero-order valence-electron chi connectivity index (χ0n) is 13.2. The van der Waals surface area contributed by atoms with Gasteiger partial charge in [0.05, 0.1) is 5.69 Å². The molecule has 1 amide bonds. The number of carbonyl (C=O) groups is 2. The molecule has 2 N–H and O–H groups in total. The Labute approximate surface area is 128 Å². The lowest BCUT2D eigenvalue weighted by Crippen LogP contribution is -2.30. The van der Waals surface area contributed by atoms with Crippen molar-refractivity contribution in [3.8, 4) is 0 Å². The maximum atomic E-state index is 11.7. The zero-order chi connectivity index (χ0) is 16.4. The minimum Gasteiger partial charge on any atom is -0.453 e. The van der Waals surface area contributed by atoms with Crippen molar-refractivity contribution in [1.29, 1.82) is 0 Å². The van der Waals surface area contributed by atoms with Crippen LogP contribution in [0.2, 0.25) is 0 Å². The van der Waals surface area contributed by atoms with Crippen LogP contribution in [0.1, 0.15) is 36.0 Å². The first kappa shape index (κ1) is 15.9. The lowest BCUT2D eigenvalue weighted by Gasteiger charge is -2.12. The average molecular weight is 304 g/mol. The summed E-state index contributed by atoms with van der Waals surface area (Å²) >= 11 is 0. The molecular weight excluding hydrogens is 284 g/mol. The molecule has 7 heteroatoms. The summed E-state index contributed by atoms with van der Waals surface area (Å²) in [5.41, 5.74) is 9.52. The number of ether oxygens (including phenoxy) is 1. The maximum Gasteiger partial charge on any atom is 0.306 e. The number of primary amides is 1. The molecule has 0 aliphatic heterocycles. The lowest BCUT2D eigenvalue weighted by atomic mass is 10.1. The number of carbonyl (C=O) groups excluding carboxylic acids is 2. The van der Waals surface area contributed by atoms with E-state index in [9.17, 15) is 9.59 Å². The maximum absolute atomic E-state index is 11.7. The van der Waals surface area contributed by atoms with Crippen LogP contribution in [0.15, 0.2) is 6.07 Å². The van der Waals surface area contributed by atoms with Gasteiger partial charge in [-0.1, -0.05) is 0 Å². The fraction of sp³-hybridized carbons (Fsp3) is 0.467. The van der Waals surface area contributed by atoms with E-state index < -0.39 is 18.0 Å². The molecule has 7 nitrogen and oxygen atoms in total. The fourth-order valence-electron chi connectivity index (χ4n) is 2.34. The van der Waals surface area contributed by atoms with Gasteiger partial charge in [-0.05, 0) is 39.7 Å². The van der Waals surface area contributed by atoms with Crippen LogP contribution in [-0.2, 0) is 20.7 Å². The van der Waals surface area contributed by atoms with Crippen molar-refractivity contribution in [2.45, 2.75) is 46.6 Å². The normalized spacial score (nSPS) is 12.4. The second kappa shape index (κ2) is 6.13. The predicted octanol–water partition coefficient (Wildman–Crippen LogP) is 1.00. The highest BCUT2D eigenvalue weighted by Gasteiger charge is 2.16. The van der Waals surface area contributed by atoms with Crippen LogP contribution >= 0.6 is 0 Å². The summed E-state index contributed by atoms with van der Waals surface area (Å²) in [4.78, 5) is 27.1. The first-order valence-corrected chi connectivity index (χ1v) is 7.11. The number of hydrogen-bond donors (Lipinski definition) is 1. The van der Waals surface area contributed by atoms with Gasteiger partial charge in [-0.15, -0.1) is 0 Å². The summed E-state index contributed by atoms with van der Waals surface area (Å²) in [6, 6.07) is 1.91. The van der Waals surface area contributed by atoms with Gasteiger partial charge in [-0.2, -0.15) is 5.10 Å². The SMILES string of the molecule is Cc1cc2nc(C)c(CCC(=O)O[C@@H](C)C(N)=O)c(C)n2n1. The molecule has 0 aromatic carbocycles. The molecule has 0 bridgehead atoms. The number of aromatic nitrogens is 3. The Kier molecular flexibility index (Phi) is 4.44. The molecule has 2 aromatic rings. The van der Waals surface area contributed by atoms with Crippen molar-refractivity contribution in [3.05, 3.63) is 28.7 Å². The van der Waals surface area contributed by atoms with Crippen LogP contribution in [0, 0.1) is 20.8 Å². The molecule has 1 atom stereocenters.